The van der Waals surface area contributed by atoms with Gasteiger partial charge < -0.3 is 16.4 Å². The maximum Gasteiger partial charge on any atom is 0.316 e. The van der Waals surface area contributed by atoms with Gasteiger partial charge in [-0.25, -0.2) is 19.1 Å². The van der Waals surface area contributed by atoms with Crippen molar-refractivity contribution in [1.82, 2.24) is 10.8 Å². The molecule has 0 heterocycles. The molecule has 34 heavy (non-hydrogen) atoms. The van der Waals surface area contributed by atoms with Crippen LogP contribution < -0.4 is 21.8 Å². The number of benzene rings is 2. The average molecular weight is 468 g/mol. The van der Waals surface area contributed by atoms with Crippen LogP contribution in [0.5, 0.6) is 0 Å². The summed E-state index contributed by atoms with van der Waals surface area (Å²) in [4.78, 5) is 35.1. The Morgan fingerprint density at radius 3 is 1.88 bits per heavy atom. The molecule has 2 aromatic carbocycles. The maximum atomic E-state index is 13.3. The van der Waals surface area contributed by atoms with E-state index in [2.05, 4.69) is 34.3 Å². The number of carbonyl (C=O) groups excluding carboxylic acids is 3. The minimum absolute atomic E-state index is 0.113. The molecular formula is C24H22F2N4O4. The lowest BCUT2D eigenvalue weighted by Gasteiger charge is -2.32. The molecule has 2 rings (SSSR count). The molecule has 10 heteroatoms. The maximum absolute atomic E-state index is 13.3. The molecule has 0 aliphatic rings. The van der Waals surface area contributed by atoms with E-state index >= 15 is 0 Å². The van der Waals surface area contributed by atoms with Gasteiger partial charge in [0, 0.05) is 22.4 Å². The highest BCUT2D eigenvalue weighted by atomic mass is 19.3. The monoisotopic (exact) mass is 468 g/mol. The molecule has 4 amide bonds. The second-order valence-corrected chi connectivity index (χ2v) is 7.65. The normalized spacial score (nSPS) is 11.2. The minimum atomic E-state index is -2.93. The van der Waals surface area contributed by atoms with E-state index in [1.165, 1.54) is 29.7 Å². The van der Waals surface area contributed by atoms with Gasteiger partial charge in [-0.3, -0.25) is 14.8 Å². The molecule has 0 radical (unpaired) electrons. The van der Waals surface area contributed by atoms with E-state index in [4.69, 9.17) is 10.9 Å². The highest BCUT2D eigenvalue weighted by Crippen LogP contribution is 2.29. The van der Waals surface area contributed by atoms with Crippen LogP contribution in [0.3, 0.4) is 0 Å². The van der Waals surface area contributed by atoms with Crippen molar-refractivity contribution in [2.75, 3.05) is 5.32 Å². The number of primary amides is 1. The van der Waals surface area contributed by atoms with E-state index < -0.39 is 35.7 Å². The molecule has 0 fully saturated rings. The molecule has 8 nitrogen and oxygen atoms in total. The van der Waals surface area contributed by atoms with Crippen molar-refractivity contribution in [3.63, 3.8) is 0 Å². The van der Waals surface area contributed by atoms with E-state index in [1.807, 2.05) is 0 Å². The van der Waals surface area contributed by atoms with Crippen LogP contribution in [-0.4, -0.2) is 35.5 Å². The van der Waals surface area contributed by atoms with Crippen LogP contribution >= 0.6 is 0 Å². The quantitative estimate of drug-likeness (QED) is 0.253. The molecule has 176 valence electrons. The lowest BCUT2D eigenvalue weighted by Crippen LogP contribution is -2.56. The Morgan fingerprint density at radius 1 is 0.941 bits per heavy atom. The van der Waals surface area contributed by atoms with Gasteiger partial charge >= 0.3 is 6.03 Å². The summed E-state index contributed by atoms with van der Waals surface area (Å²) in [5.41, 5.74) is 6.28. The van der Waals surface area contributed by atoms with Crippen molar-refractivity contribution in [2.45, 2.75) is 26.3 Å². The number of amides is 4. The predicted molar refractivity (Wildman–Crippen MR) is 121 cm³/mol. The Bertz CT molecular complexity index is 1170. The minimum Gasteiger partial charge on any atom is -0.351 e. The number of hydrogen-bond donors (Lipinski definition) is 5. The van der Waals surface area contributed by atoms with Crippen LogP contribution in [-0.2, 0) is 4.79 Å². The first kappa shape index (κ1) is 25.8. The summed E-state index contributed by atoms with van der Waals surface area (Å²) in [7, 11) is 0. The lowest BCUT2D eigenvalue weighted by atomic mass is 9.84. The fraction of sp³-hybridized carbons (Fsp3) is 0.208. The van der Waals surface area contributed by atoms with Crippen molar-refractivity contribution in [1.29, 1.82) is 0 Å². The van der Waals surface area contributed by atoms with E-state index in [9.17, 15) is 23.2 Å². The first-order chi connectivity index (χ1) is 16.0. The first-order valence-electron chi connectivity index (χ1n) is 9.86. The van der Waals surface area contributed by atoms with Gasteiger partial charge in [-0.15, -0.1) is 0 Å². The number of carbonyl (C=O) groups is 3. The summed E-state index contributed by atoms with van der Waals surface area (Å²) in [6.07, 6.45) is -2.93. The lowest BCUT2D eigenvalue weighted by molar-refractivity contribution is -0.137. The van der Waals surface area contributed by atoms with Crippen molar-refractivity contribution in [3.8, 4) is 23.7 Å². The molecule has 0 aromatic heterocycles. The van der Waals surface area contributed by atoms with Gasteiger partial charge in [-0.2, -0.15) is 0 Å². The number of halogens is 2. The molecule has 2 aromatic rings. The van der Waals surface area contributed by atoms with Crippen LogP contribution in [0, 0.1) is 29.1 Å². The Hall–Kier alpha value is -4.41. The number of hydrogen-bond acceptors (Lipinski definition) is 4. The van der Waals surface area contributed by atoms with E-state index in [1.54, 1.807) is 24.3 Å². The van der Waals surface area contributed by atoms with Crippen LogP contribution in [0.25, 0.3) is 0 Å². The Balaban J connectivity index is 2.06. The van der Waals surface area contributed by atoms with Gasteiger partial charge in [0.2, 0.25) is 6.43 Å². The molecule has 1 atom stereocenters. The molecule has 0 unspecified atom stereocenters. The third-order valence-electron chi connectivity index (χ3n) is 4.73. The molecule has 0 aliphatic heterocycles. The average Bonchev–Trinajstić information content (AvgIpc) is 2.80. The number of hydroxylamine groups is 1. The zero-order chi connectivity index (χ0) is 25.3. The van der Waals surface area contributed by atoms with Gasteiger partial charge in [-0.05, 0) is 60.4 Å². The summed E-state index contributed by atoms with van der Waals surface area (Å²) in [5, 5.41) is 13.5. The van der Waals surface area contributed by atoms with Crippen LogP contribution in [0.2, 0.25) is 0 Å². The number of rotatable bonds is 6. The van der Waals surface area contributed by atoms with E-state index in [-0.39, 0.29) is 5.56 Å². The molecular weight excluding hydrogens is 446 g/mol. The predicted octanol–water partition coefficient (Wildman–Crippen LogP) is 2.48. The summed E-state index contributed by atoms with van der Waals surface area (Å²) >= 11 is 0. The Morgan fingerprint density at radius 2 is 1.44 bits per heavy atom. The van der Waals surface area contributed by atoms with Crippen molar-refractivity contribution in [2.24, 2.45) is 11.1 Å². The molecule has 0 bridgehead atoms. The van der Waals surface area contributed by atoms with E-state index in [0.29, 0.717) is 16.8 Å². The zero-order valence-electron chi connectivity index (χ0n) is 18.3. The summed E-state index contributed by atoms with van der Waals surface area (Å²) < 4.78 is 26.7. The second-order valence-electron chi connectivity index (χ2n) is 7.65. The number of alkyl halides is 2. The van der Waals surface area contributed by atoms with Crippen LogP contribution in [0.1, 0.15) is 35.3 Å². The van der Waals surface area contributed by atoms with E-state index in [0.717, 1.165) is 13.8 Å². The Labute approximate surface area is 194 Å². The molecule has 0 spiro atoms. The highest BCUT2D eigenvalue weighted by molar-refractivity contribution is 5.97. The largest absolute Gasteiger partial charge is 0.351 e. The molecule has 0 saturated carbocycles. The summed E-state index contributed by atoms with van der Waals surface area (Å²) in [6, 6.07) is 10.2. The van der Waals surface area contributed by atoms with Crippen molar-refractivity contribution < 1.29 is 28.4 Å². The number of urea groups is 1. The van der Waals surface area contributed by atoms with Crippen LogP contribution in [0.15, 0.2) is 48.5 Å². The van der Waals surface area contributed by atoms with Gasteiger partial charge in [0.05, 0.1) is 5.41 Å². The molecule has 6 N–H and O–H groups in total. The standard InChI is InChI=1S/C24H22F2N4O4/c1-24(2,22(25)26)19(21(32)30-34)29-20(31)17-11-7-15(8-12-17)5-3-4-6-16-9-13-18(14-10-16)28-23(27)33/h7-14,19,22,34H,1-2H3,(H,29,31)(H,30,32)(H3,27,28,33)/t19-/m1/s1. The third-order valence-corrected chi connectivity index (χ3v) is 4.73. The van der Waals surface area contributed by atoms with Crippen molar-refractivity contribution in [3.05, 3.63) is 65.2 Å². The summed E-state index contributed by atoms with van der Waals surface area (Å²) in [5.74, 6) is 9.06. The fourth-order valence-corrected chi connectivity index (χ4v) is 2.69. The van der Waals surface area contributed by atoms with Gasteiger partial charge in [0.15, 0.2) is 0 Å². The number of nitrogens with one attached hydrogen (secondary N) is 3. The van der Waals surface area contributed by atoms with Gasteiger partial charge in [-0.1, -0.05) is 25.7 Å². The smallest absolute Gasteiger partial charge is 0.316 e. The fourth-order valence-electron chi connectivity index (χ4n) is 2.69. The molecule has 0 aliphatic carbocycles. The summed E-state index contributed by atoms with van der Waals surface area (Å²) in [6.45, 7) is 2.20. The second kappa shape index (κ2) is 11.5. The van der Waals surface area contributed by atoms with Crippen LogP contribution in [0.4, 0.5) is 19.3 Å². The van der Waals surface area contributed by atoms with Crippen molar-refractivity contribution >= 4 is 23.5 Å². The SMILES string of the molecule is CC(C)(C(F)F)[C@H](NC(=O)c1ccc(C#CC#Cc2ccc(NC(N)=O)cc2)cc1)C(=O)NO. The zero-order valence-corrected chi connectivity index (χ0v) is 18.3. The first-order valence-corrected chi connectivity index (χ1v) is 9.86. The topological polar surface area (TPSA) is 134 Å². The van der Waals surface area contributed by atoms with Gasteiger partial charge in [0.1, 0.15) is 6.04 Å². The third kappa shape index (κ3) is 7.05. The van der Waals surface area contributed by atoms with Gasteiger partial charge in [0.25, 0.3) is 11.8 Å². The number of anilines is 1. The molecule has 0 saturated heterocycles. The number of nitrogens with two attached hydrogens (primary N) is 1. The Kier molecular flexibility index (Phi) is 8.71. The highest BCUT2D eigenvalue weighted by Gasteiger charge is 2.43.